The summed E-state index contributed by atoms with van der Waals surface area (Å²) in [6.07, 6.45) is 3.11. The van der Waals surface area contributed by atoms with Crippen molar-refractivity contribution in [3.63, 3.8) is 0 Å². The van der Waals surface area contributed by atoms with Crippen LogP contribution in [0.15, 0.2) is 0 Å². The maximum Gasteiger partial charge on any atom is 0.410 e. The number of thioether (sulfide) groups is 1. The maximum absolute atomic E-state index is 12.1. The average Bonchev–Trinajstić information content (AvgIpc) is 2.82. The van der Waals surface area contributed by atoms with Gasteiger partial charge in [0.1, 0.15) is 5.60 Å². The molecule has 7 heteroatoms. The van der Waals surface area contributed by atoms with Gasteiger partial charge in [0.05, 0.1) is 0 Å². The van der Waals surface area contributed by atoms with Crippen molar-refractivity contribution in [2.24, 2.45) is 5.92 Å². The van der Waals surface area contributed by atoms with Crippen LogP contribution in [0.5, 0.6) is 0 Å². The van der Waals surface area contributed by atoms with Crippen LogP contribution >= 0.6 is 11.8 Å². The molecule has 0 spiro atoms. The lowest BCUT2D eigenvalue weighted by Gasteiger charge is -2.34. The summed E-state index contributed by atoms with van der Waals surface area (Å²) in [5.41, 5.74) is -0.460. The van der Waals surface area contributed by atoms with E-state index in [1.165, 1.54) is 11.8 Å². The lowest BCUT2D eigenvalue weighted by atomic mass is 9.93. The molecule has 0 aromatic carbocycles. The van der Waals surface area contributed by atoms with Crippen molar-refractivity contribution in [3.05, 3.63) is 0 Å². The summed E-state index contributed by atoms with van der Waals surface area (Å²) in [5, 5.41) is 0.188. The van der Waals surface area contributed by atoms with Crippen LogP contribution in [0.1, 0.15) is 53.4 Å². The molecule has 0 bridgehead atoms. The number of ether oxygens (including phenoxy) is 1. The SMILES string of the molecule is CC(=O)SC1CC(=O)N(CCC2CCN(C(=O)OC(C)(C)C)CC2)C1. The molecule has 0 aromatic rings. The van der Waals surface area contributed by atoms with E-state index in [0.29, 0.717) is 18.9 Å². The van der Waals surface area contributed by atoms with E-state index < -0.39 is 5.60 Å². The molecule has 142 valence electrons. The molecular formula is C18H30N2O4S. The Hall–Kier alpha value is -1.24. The van der Waals surface area contributed by atoms with Gasteiger partial charge < -0.3 is 14.5 Å². The minimum Gasteiger partial charge on any atom is -0.444 e. The van der Waals surface area contributed by atoms with E-state index in [2.05, 4.69) is 0 Å². The van der Waals surface area contributed by atoms with Crippen molar-refractivity contribution >= 4 is 28.9 Å². The molecule has 0 N–H and O–H groups in total. The van der Waals surface area contributed by atoms with Crippen LogP contribution in [0.25, 0.3) is 0 Å². The van der Waals surface area contributed by atoms with E-state index in [0.717, 1.165) is 38.9 Å². The smallest absolute Gasteiger partial charge is 0.410 e. The highest BCUT2D eigenvalue weighted by Crippen LogP contribution is 2.27. The predicted molar refractivity (Wildman–Crippen MR) is 98.4 cm³/mol. The minimum absolute atomic E-state index is 0.0779. The number of hydrogen-bond donors (Lipinski definition) is 0. The first-order chi connectivity index (χ1) is 11.6. The van der Waals surface area contributed by atoms with Gasteiger partial charge in [-0.25, -0.2) is 4.79 Å². The molecule has 2 rings (SSSR count). The van der Waals surface area contributed by atoms with Crippen LogP contribution in [0, 0.1) is 5.92 Å². The zero-order valence-electron chi connectivity index (χ0n) is 15.7. The zero-order chi connectivity index (χ0) is 18.6. The van der Waals surface area contributed by atoms with Crippen molar-refractivity contribution in [2.75, 3.05) is 26.2 Å². The van der Waals surface area contributed by atoms with Gasteiger partial charge in [0.2, 0.25) is 5.91 Å². The van der Waals surface area contributed by atoms with E-state index >= 15 is 0 Å². The van der Waals surface area contributed by atoms with E-state index in [-0.39, 0.29) is 22.4 Å². The van der Waals surface area contributed by atoms with Gasteiger partial charge in [-0.2, -0.15) is 0 Å². The molecule has 2 aliphatic heterocycles. The highest BCUT2D eigenvalue weighted by Gasteiger charge is 2.32. The second kappa shape index (κ2) is 8.43. The molecule has 1 unspecified atom stereocenters. The number of amides is 2. The topological polar surface area (TPSA) is 66.9 Å². The third-order valence-corrected chi connectivity index (χ3v) is 5.57. The molecule has 0 saturated carbocycles. The van der Waals surface area contributed by atoms with Gasteiger partial charge in [0.15, 0.2) is 5.12 Å². The van der Waals surface area contributed by atoms with Gasteiger partial charge in [0, 0.05) is 44.8 Å². The molecule has 1 atom stereocenters. The molecule has 2 aliphatic rings. The molecule has 2 fully saturated rings. The maximum atomic E-state index is 12.1. The number of hydrogen-bond acceptors (Lipinski definition) is 5. The molecule has 0 radical (unpaired) electrons. The summed E-state index contributed by atoms with van der Waals surface area (Å²) in [4.78, 5) is 39.0. The summed E-state index contributed by atoms with van der Waals surface area (Å²) in [5.74, 6) is 0.691. The Balaban J connectivity index is 1.69. The molecule has 0 aliphatic carbocycles. The molecule has 0 aromatic heterocycles. The van der Waals surface area contributed by atoms with E-state index in [4.69, 9.17) is 4.74 Å². The zero-order valence-corrected chi connectivity index (χ0v) is 16.6. The molecule has 2 saturated heterocycles. The van der Waals surface area contributed by atoms with Crippen molar-refractivity contribution in [1.82, 2.24) is 9.80 Å². The lowest BCUT2D eigenvalue weighted by molar-refractivity contribution is -0.127. The molecule has 6 nitrogen and oxygen atoms in total. The Morgan fingerprint density at radius 2 is 1.88 bits per heavy atom. The Kier molecular flexibility index (Phi) is 6.77. The third kappa shape index (κ3) is 6.53. The number of likely N-dealkylation sites (tertiary alicyclic amines) is 2. The van der Waals surface area contributed by atoms with Crippen LogP contribution in [0.3, 0.4) is 0 Å². The minimum atomic E-state index is -0.460. The summed E-state index contributed by atoms with van der Waals surface area (Å²) >= 11 is 1.28. The Morgan fingerprint density at radius 1 is 1.24 bits per heavy atom. The summed E-state index contributed by atoms with van der Waals surface area (Å²) in [7, 11) is 0. The molecular weight excluding hydrogens is 340 g/mol. The number of carbonyl (C=O) groups excluding carboxylic acids is 3. The molecule has 25 heavy (non-hydrogen) atoms. The van der Waals surface area contributed by atoms with Crippen LogP contribution in [-0.2, 0) is 14.3 Å². The van der Waals surface area contributed by atoms with E-state index in [9.17, 15) is 14.4 Å². The van der Waals surface area contributed by atoms with Crippen molar-refractivity contribution < 1.29 is 19.1 Å². The standard InChI is InChI=1S/C18H30N2O4S/c1-13(21)25-15-11-16(22)20(12-15)10-7-14-5-8-19(9-6-14)17(23)24-18(2,3)4/h14-15H,5-12H2,1-4H3. The first-order valence-electron chi connectivity index (χ1n) is 9.07. The van der Waals surface area contributed by atoms with Gasteiger partial charge in [-0.15, -0.1) is 0 Å². The Labute approximate surface area is 154 Å². The number of rotatable bonds is 4. The second-order valence-electron chi connectivity index (χ2n) is 7.97. The van der Waals surface area contributed by atoms with E-state index in [1.807, 2.05) is 25.7 Å². The first kappa shape index (κ1) is 20.1. The monoisotopic (exact) mass is 370 g/mol. The summed E-state index contributed by atoms with van der Waals surface area (Å²) in [6.45, 7) is 10.1. The highest BCUT2D eigenvalue weighted by atomic mass is 32.2. The molecule has 2 amide bonds. The van der Waals surface area contributed by atoms with Gasteiger partial charge in [-0.3, -0.25) is 9.59 Å². The van der Waals surface area contributed by atoms with Crippen LogP contribution in [0.2, 0.25) is 0 Å². The number of carbonyl (C=O) groups is 3. The Morgan fingerprint density at radius 3 is 2.44 bits per heavy atom. The molecule has 2 heterocycles. The quantitative estimate of drug-likeness (QED) is 0.761. The third-order valence-electron chi connectivity index (χ3n) is 4.59. The lowest BCUT2D eigenvalue weighted by Crippen LogP contribution is -2.42. The van der Waals surface area contributed by atoms with Crippen LogP contribution < -0.4 is 0 Å². The summed E-state index contributed by atoms with van der Waals surface area (Å²) in [6, 6.07) is 0. The second-order valence-corrected chi connectivity index (χ2v) is 9.45. The largest absolute Gasteiger partial charge is 0.444 e. The van der Waals surface area contributed by atoms with Crippen LogP contribution in [-0.4, -0.2) is 63.9 Å². The number of nitrogens with zero attached hydrogens (tertiary/aromatic N) is 2. The van der Waals surface area contributed by atoms with E-state index in [1.54, 1.807) is 11.8 Å². The van der Waals surface area contributed by atoms with Crippen molar-refractivity contribution in [1.29, 1.82) is 0 Å². The Bertz CT molecular complexity index is 510. The fourth-order valence-corrected chi connectivity index (χ4v) is 4.28. The predicted octanol–water partition coefficient (Wildman–Crippen LogP) is 2.90. The van der Waals surface area contributed by atoms with Gasteiger partial charge in [-0.1, -0.05) is 11.8 Å². The highest BCUT2D eigenvalue weighted by molar-refractivity contribution is 8.14. The van der Waals surface area contributed by atoms with Gasteiger partial charge in [-0.05, 0) is 46.0 Å². The average molecular weight is 371 g/mol. The fourth-order valence-electron chi connectivity index (χ4n) is 3.33. The van der Waals surface area contributed by atoms with Crippen molar-refractivity contribution in [3.8, 4) is 0 Å². The number of piperidine rings is 1. The van der Waals surface area contributed by atoms with Crippen LogP contribution in [0.4, 0.5) is 4.79 Å². The van der Waals surface area contributed by atoms with Gasteiger partial charge >= 0.3 is 6.09 Å². The van der Waals surface area contributed by atoms with Gasteiger partial charge in [0.25, 0.3) is 0 Å². The normalized spacial score (nSPS) is 22.4. The summed E-state index contributed by atoms with van der Waals surface area (Å²) < 4.78 is 5.42. The fraction of sp³-hybridized carbons (Fsp3) is 0.833. The first-order valence-corrected chi connectivity index (χ1v) is 9.95. The van der Waals surface area contributed by atoms with Crippen molar-refractivity contribution in [2.45, 2.75) is 64.2 Å².